The van der Waals surface area contributed by atoms with Crippen LogP contribution in [0.5, 0.6) is 0 Å². The number of anilines is 1. The Kier molecular flexibility index (Phi) is 10.1. The fourth-order valence-electron chi connectivity index (χ4n) is 2.93. The van der Waals surface area contributed by atoms with Crippen molar-refractivity contribution in [1.29, 1.82) is 0 Å². The van der Waals surface area contributed by atoms with Gasteiger partial charge in [-0.05, 0) is 43.6 Å². The van der Waals surface area contributed by atoms with Gasteiger partial charge in [-0.15, -0.1) is 0 Å². The summed E-state index contributed by atoms with van der Waals surface area (Å²) in [6.45, 7) is 4.78. The van der Waals surface area contributed by atoms with Crippen LogP contribution < -0.4 is 5.32 Å². The molecule has 3 fully saturated rings. The molecule has 3 aliphatic rings. The first-order chi connectivity index (χ1) is 16.3. The van der Waals surface area contributed by atoms with Crippen LogP contribution in [-0.4, -0.2) is 82.2 Å². The van der Waals surface area contributed by atoms with Crippen LogP contribution in [0.3, 0.4) is 0 Å². The maximum Gasteiger partial charge on any atom is 0.490 e. The number of hydrogen-bond acceptors (Lipinski definition) is 7. The number of hydrogen-bond donors (Lipinski definition) is 3. The lowest BCUT2D eigenvalue weighted by molar-refractivity contribution is -0.193. The Labute approximate surface area is 196 Å². The first kappa shape index (κ1) is 28.6. The molecule has 1 unspecified atom stereocenters. The Morgan fingerprint density at radius 2 is 1.57 bits per heavy atom. The molecule has 0 aromatic carbocycles. The highest BCUT2D eigenvalue weighted by Gasteiger charge is 2.39. The number of alkyl halides is 6. The summed E-state index contributed by atoms with van der Waals surface area (Å²) in [4.78, 5) is 29.5. The second-order valence-electron chi connectivity index (χ2n) is 8.26. The number of carboxylic acid groups (broad SMARTS) is 2. The number of nitrogens with zero attached hydrogens (tertiary/aromatic N) is 3. The van der Waals surface area contributed by atoms with E-state index < -0.39 is 24.3 Å². The molecular formula is C20H26F6N4O5. The van der Waals surface area contributed by atoms with Gasteiger partial charge in [-0.3, -0.25) is 4.90 Å². The number of halogens is 6. The molecular weight excluding hydrogens is 490 g/mol. The number of carbonyl (C=O) groups is 2. The maximum absolute atomic E-state index is 10.6. The lowest BCUT2D eigenvalue weighted by Gasteiger charge is -2.34. The molecule has 15 heteroatoms. The standard InChI is InChI=1S/C16H24N4O.2C2HF3O2/c1-2-12(1)9-18-15-5-6-17-16(19-15)14-11-21-8-7-20(14)10-13-3-4-13;2*3-2(4,5)1(6)7/h5-6,12-14H,1-4,7-11H2,(H,17,18,19);2*(H,6,7). The Bertz CT molecular complexity index is 822. The topological polar surface area (TPSA) is 125 Å². The van der Waals surface area contributed by atoms with Crippen LogP contribution in [0.2, 0.25) is 0 Å². The minimum absolute atomic E-state index is 0.224. The van der Waals surface area contributed by atoms with Crippen molar-refractivity contribution in [3.8, 4) is 0 Å². The van der Waals surface area contributed by atoms with Crippen molar-refractivity contribution in [1.82, 2.24) is 14.9 Å². The number of ether oxygens (including phenoxy) is 1. The molecule has 35 heavy (non-hydrogen) atoms. The lowest BCUT2D eigenvalue weighted by Crippen LogP contribution is -2.41. The molecule has 1 atom stereocenters. The van der Waals surface area contributed by atoms with Crippen LogP contribution in [0.25, 0.3) is 0 Å². The maximum atomic E-state index is 10.6. The van der Waals surface area contributed by atoms with Crippen molar-refractivity contribution in [2.75, 3.05) is 38.2 Å². The lowest BCUT2D eigenvalue weighted by atomic mass is 10.2. The molecule has 0 spiro atoms. The average molecular weight is 516 g/mol. The number of aliphatic carboxylic acids is 2. The van der Waals surface area contributed by atoms with E-state index in [9.17, 15) is 26.3 Å². The highest BCUT2D eigenvalue weighted by molar-refractivity contribution is 5.73. The van der Waals surface area contributed by atoms with Crippen LogP contribution >= 0.6 is 0 Å². The van der Waals surface area contributed by atoms with Crippen molar-refractivity contribution in [3.63, 3.8) is 0 Å². The summed E-state index contributed by atoms with van der Waals surface area (Å²) < 4.78 is 69.1. The van der Waals surface area contributed by atoms with E-state index in [1.807, 2.05) is 12.3 Å². The van der Waals surface area contributed by atoms with E-state index >= 15 is 0 Å². The fourth-order valence-corrected chi connectivity index (χ4v) is 2.93. The van der Waals surface area contributed by atoms with Crippen LogP contribution in [0.15, 0.2) is 12.3 Å². The SMILES string of the molecule is O=C(O)C(F)(F)F.O=C(O)C(F)(F)F.c1cc(NCC2CC2)nc(C2COCCN2CC2CC2)n1. The molecule has 1 saturated heterocycles. The van der Waals surface area contributed by atoms with Crippen LogP contribution in [-0.2, 0) is 14.3 Å². The van der Waals surface area contributed by atoms with Gasteiger partial charge in [0.15, 0.2) is 0 Å². The number of aromatic nitrogens is 2. The van der Waals surface area contributed by atoms with Crippen molar-refractivity contribution in [2.45, 2.75) is 44.1 Å². The second kappa shape index (κ2) is 12.3. The monoisotopic (exact) mass is 516 g/mol. The van der Waals surface area contributed by atoms with E-state index in [-0.39, 0.29) is 6.04 Å². The average Bonchev–Trinajstić information content (AvgIpc) is 3.68. The normalized spacial score (nSPS) is 20.6. The zero-order valence-corrected chi connectivity index (χ0v) is 18.5. The van der Waals surface area contributed by atoms with Gasteiger partial charge in [-0.25, -0.2) is 19.6 Å². The zero-order valence-electron chi connectivity index (χ0n) is 18.5. The molecule has 3 N–H and O–H groups in total. The molecule has 198 valence electrons. The molecule has 2 heterocycles. The summed E-state index contributed by atoms with van der Waals surface area (Å²) in [5.74, 6) is -1.89. The van der Waals surface area contributed by atoms with Crippen LogP contribution in [0, 0.1) is 11.8 Å². The van der Waals surface area contributed by atoms with E-state index in [2.05, 4.69) is 15.2 Å². The van der Waals surface area contributed by atoms with E-state index in [4.69, 9.17) is 29.5 Å². The summed E-state index contributed by atoms with van der Waals surface area (Å²) >= 11 is 0. The number of nitrogens with one attached hydrogen (secondary N) is 1. The second-order valence-corrected chi connectivity index (χ2v) is 8.26. The van der Waals surface area contributed by atoms with Gasteiger partial charge in [0.1, 0.15) is 11.6 Å². The third-order valence-corrected chi connectivity index (χ3v) is 5.15. The van der Waals surface area contributed by atoms with Crippen LogP contribution in [0.1, 0.15) is 37.5 Å². The summed E-state index contributed by atoms with van der Waals surface area (Å²) in [6, 6.07) is 2.20. The first-order valence-electron chi connectivity index (χ1n) is 10.8. The number of carboxylic acids is 2. The van der Waals surface area contributed by atoms with Gasteiger partial charge in [0.25, 0.3) is 0 Å². The van der Waals surface area contributed by atoms with E-state index in [0.717, 1.165) is 49.8 Å². The minimum atomic E-state index is -5.08. The Balaban J connectivity index is 0.000000257. The van der Waals surface area contributed by atoms with E-state index in [1.54, 1.807) is 0 Å². The fraction of sp³-hybridized carbons (Fsp3) is 0.700. The van der Waals surface area contributed by atoms with E-state index in [0.29, 0.717) is 0 Å². The largest absolute Gasteiger partial charge is 0.490 e. The van der Waals surface area contributed by atoms with Crippen molar-refractivity contribution >= 4 is 17.8 Å². The minimum Gasteiger partial charge on any atom is -0.475 e. The summed E-state index contributed by atoms with van der Waals surface area (Å²) in [6.07, 6.45) is -2.81. The summed E-state index contributed by atoms with van der Waals surface area (Å²) in [5.41, 5.74) is 0. The van der Waals surface area contributed by atoms with Gasteiger partial charge in [-0.2, -0.15) is 26.3 Å². The molecule has 1 aliphatic heterocycles. The number of rotatable bonds is 6. The molecule has 0 radical (unpaired) electrons. The Morgan fingerprint density at radius 3 is 2.06 bits per heavy atom. The van der Waals surface area contributed by atoms with Crippen molar-refractivity contribution in [2.24, 2.45) is 11.8 Å². The molecule has 0 amide bonds. The van der Waals surface area contributed by atoms with E-state index in [1.165, 1.54) is 32.2 Å². The summed E-state index contributed by atoms with van der Waals surface area (Å²) in [5, 5.41) is 17.7. The molecule has 0 bridgehead atoms. The zero-order chi connectivity index (χ0) is 26.2. The van der Waals surface area contributed by atoms with Gasteiger partial charge >= 0.3 is 24.3 Å². The molecule has 2 saturated carbocycles. The predicted octanol–water partition coefficient (Wildman–Crippen LogP) is 3.35. The Hall–Kier alpha value is -2.68. The predicted molar refractivity (Wildman–Crippen MR) is 108 cm³/mol. The number of morpholine rings is 1. The highest BCUT2D eigenvalue weighted by Crippen LogP contribution is 2.33. The molecule has 9 nitrogen and oxygen atoms in total. The van der Waals surface area contributed by atoms with Gasteiger partial charge in [0, 0.05) is 25.8 Å². The van der Waals surface area contributed by atoms with Crippen molar-refractivity contribution in [3.05, 3.63) is 18.1 Å². The molecule has 2 aliphatic carbocycles. The smallest absolute Gasteiger partial charge is 0.475 e. The highest BCUT2D eigenvalue weighted by atomic mass is 19.4. The van der Waals surface area contributed by atoms with Gasteiger partial charge in [-0.1, -0.05) is 0 Å². The Morgan fingerprint density at radius 1 is 1.03 bits per heavy atom. The van der Waals surface area contributed by atoms with Gasteiger partial charge in [0.2, 0.25) is 0 Å². The molecule has 1 aromatic rings. The van der Waals surface area contributed by atoms with Gasteiger partial charge < -0.3 is 20.3 Å². The van der Waals surface area contributed by atoms with Gasteiger partial charge in [0.05, 0.1) is 19.3 Å². The third kappa shape index (κ3) is 11.1. The third-order valence-electron chi connectivity index (χ3n) is 5.15. The first-order valence-corrected chi connectivity index (χ1v) is 10.8. The van der Waals surface area contributed by atoms with Crippen LogP contribution in [0.4, 0.5) is 32.2 Å². The molecule has 1 aromatic heterocycles. The summed E-state index contributed by atoms with van der Waals surface area (Å²) in [7, 11) is 0. The molecule has 4 rings (SSSR count). The quantitative estimate of drug-likeness (QED) is 0.488. The van der Waals surface area contributed by atoms with Crippen molar-refractivity contribution < 1.29 is 50.9 Å².